The van der Waals surface area contributed by atoms with E-state index in [-0.39, 0.29) is 11.4 Å². The number of halogens is 1. The molecule has 0 aromatic heterocycles. The summed E-state index contributed by atoms with van der Waals surface area (Å²) in [4.78, 5) is 12.1. The van der Waals surface area contributed by atoms with Crippen molar-refractivity contribution in [3.8, 4) is 6.07 Å². The maximum atomic E-state index is 12.1. The Morgan fingerprint density at radius 2 is 2.15 bits per heavy atom. The molecule has 0 saturated heterocycles. The Hall–Kier alpha value is -1.73. The first kappa shape index (κ1) is 16.3. The number of carbonyl (C=O) groups is 1. The van der Waals surface area contributed by atoms with Gasteiger partial charge in [0, 0.05) is 5.54 Å². The largest absolute Gasteiger partial charge is 0.373 e. The number of hydrogen-bond donors (Lipinski definition) is 2. The molecule has 1 aromatic carbocycles. The summed E-state index contributed by atoms with van der Waals surface area (Å²) in [5.41, 5.74) is 0.897. The first-order valence-electron chi connectivity index (χ1n) is 6.57. The molecule has 0 bridgehead atoms. The van der Waals surface area contributed by atoms with Crippen LogP contribution in [0.4, 0.5) is 5.69 Å². The molecule has 0 aliphatic rings. The van der Waals surface area contributed by atoms with E-state index in [1.54, 1.807) is 25.1 Å². The van der Waals surface area contributed by atoms with E-state index in [0.29, 0.717) is 16.3 Å². The fourth-order valence-corrected chi connectivity index (χ4v) is 1.77. The van der Waals surface area contributed by atoms with Gasteiger partial charge in [-0.3, -0.25) is 4.79 Å². The van der Waals surface area contributed by atoms with Crippen LogP contribution < -0.4 is 10.6 Å². The number of nitriles is 1. The summed E-state index contributed by atoms with van der Waals surface area (Å²) in [6.45, 7) is 7.75. The van der Waals surface area contributed by atoms with Crippen molar-refractivity contribution in [1.29, 1.82) is 5.26 Å². The van der Waals surface area contributed by atoms with Gasteiger partial charge in [0.05, 0.1) is 22.3 Å². The van der Waals surface area contributed by atoms with Crippen molar-refractivity contribution in [3.63, 3.8) is 0 Å². The molecule has 0 aliphatic heterocycles. The fraction of sp³-hybridized carbons (Fsp3) is 0.467. The maximum absolute atomic E-state index is 12.1. The number of nitrogens with one attached hydrogen (secondary N) is 2. The predicted molar refractivity (Wildman–Crippen MR) is 81.8 cm³/mol. The molecule has 0 spiro atoms. The van der Waals surface area contributed by atoms with E-state index in [1.807, 2.05) is 26.8 Å². The molecule has 1 amide bonds. The van der Waals surface area contributed by atoms with Crippen molar-refractivity contribution in [3.05, 3.63) is 28.8 Å². The molecule has 1 atom stereocenters. The molecular formula is C15H20ClN3O. The van der Waals surface area contributed by atoms with Gasteiger partial charge < -0.3 is 10.6 Å². The van der Waals surface area contributed by atoms with Gasteiger partial charge in [0.15, 0.2) is 0 Å². The average Bonchev–Trinajstić information content (AvgIpc) is 2.40. The van der Waals surface area contributed by atoms with Crippen molar-refractivity contribution in [1.82, 2.24) is 5.32 Å². The van der Waals surface area contributed by atoms with Crippen molar-refractivity contribution < 1.29 is 4.79 Å². The molecule has 0 fully saturated rings. The highest BCUT2D eigenvalue weighted by molar-refractivity contribution is 6.33. The van der Waals surface area contributed by atoms with E-state index in [0.717, 1.165) is 6.42 Å². The summed E-state index contributed by atoms with van der Waals surface area (Å²) in [5.74, 6) is -0.0859. The van der Waals surface area contributed by atoms with Crippen molar-refractivity contribution in [2.24, 2.45) is 0 Å². The lowest BCUT2D eigenvalue weighted by molar-refractivity contribution is -0.123. The third-order valence-electron chi connectivity index (χ3n) is 3.21. The lowest BCUT2D eigenvalue weighted by Gasteiger charge is -2.27. The highest BCUT2D eigenvalue weighted by Crippen LogP contribution is 2.23. The number of amides is 1. The van der Waals surface area contributed by atoms with Crippen LogP contribution in [0.15, 0.2) is 18.2 Å². The Balaban J connectivity index is 2.74. The minimum absolute atomic E-state index is 0.0859. The summed E-state index contributed by atoms with van der Waals surface area (Å²) in [6.07, 6.45) is 0.850. The Morgan fingerprint density at radius 1 is 1.50 bits per heavy atom. The van der Waals surface area contributed by atoms with Crippen LogP contribution in [0.5, 0.6) is 0 Å². The highest BCUT2D eigenvalue weighted by Gasteiger charge is 2.22. The van der Waals surface area contributed by atoms with Crippen LogP contribution in [0.3, 0.4) is 0 Å². The average molecular weight is 294 g/mol. The first-order chi connectivity index (χ1) is 9.29. The summed E-state index contributed by atoms with van der Waals surface area (Å²) in [6, 6.07) is 6.55. The zero-order chi connectivity index (χ0) is 15.3. The second kappa shape index (κ2) is 6.62. The van der Waals surface area contributed by atoms with Crippen molar-refractivity contribution in [2.75, 3.05) is 5.32 Å². The van der Waals surface area contributed by atoms with Crippen LogP contribution in [0.25, 0.3) is 0 Å². The zero-order valence-corrected chi connectivity index (χ0v) is 13.0. The van der Waals surface area contributed by atoms with E-state index in [9.17, 15) is 4.79 Å². The minimum Gasteiger partial charge on any atom is -0.373 e. The molecule has 2 N–H and O–H groups in total. The molecule has 0 saturated carbocycles. The van der Waals surface area contributed by atoms with E-state index in [1.165, 1.54) is 0 Å². The molecule has 1 unspecified atom stereocenters. The van der Waals surface area contributed by atoms with E-state index < -0.39 is 6.04 Å². The quantitative estimate of drug-likeness (QED) is 0.875. The lowest BCUT2D eigenvalue weighted by Crippen LogP contribution is -2.48. The normalized spacial score (nSPS) is 12.4. The van der Waals surface area contributed by atoms with Crippen LogP contribution in [-0.2, 0) is 4.79 Å². The van der Waals surface area contributed by atoms with Gasteiger partial charge >= 0.3 is 0 Å². The van der Waals surface area contributed by atoms with Crippen molar-refractivity contribution in [2.45, 2.75) is 45.7 Å². The third-order valence-corrected chi connectivity index (χ3v) is 3.52. The second-order valence-corrected chi connectivity index (χ2v) is 5.81. The van der Waals surface area contributed by atoms with Crippen LogP contribution in [-0.4, -0.2) is 17.5 Å². The molecule has 0 radical (unpaired) electrons. The molecule has 0 aliphatic carbocycles. The molecular weight excluding hydrogens is 274 g/mol. The summed E-state index contributed by atoms with van der Waals surface area (Å²) >= 11 is 6.07. The molecule has 20 heavy (non-hydrogen) atoms. The highest BCUT2D eigenvalue weighted by atomic mass is 35.5. The van der Waals surface area contributed by atoms with Gasteiger partial charge in [0.2, 0.25) is 5.91 Å². The lowest BCUT2D eigenvalue weighted by atomic mass is 10.0. The number of nitrogens with zero attached hydrogens (tertiary/aromatic N) is 1. The standard InChI is InChI=1S/C15H20ClN3O/c1-5-15(3,4)19-14(20)10(2)18-13-7-6-11(9-17)8-12(13)16/h6-8,10,18H,5H2,1-4H3,(H,19,20). The topological polar surface area (TPSA) is 64.9 Å². The summed E-state index contributed by atoms with van der Waals surface area (Å²) in [7, 11) is 0. The van der Waals surface area contributed by atoms with Gasteiger partial charge in [-0.25, -0.2) is 0 Å². The monoisotopic (exact) mass is 293 g/mol. The predicted octanol–water partition coefficient (Wildman–Crippen LogP) is 3.32. The Bertz CT molecular complexity index is 534. The molecule has 5 heteroatoms. The van der Waals surface area contributed by atoms with Gasteiger partial charge in [0.25, 0.3) is 0 Å². The number of hydrogen-bond acceptors (Lipinski definition) is 3. The van der Waals surface area contributed by atoms with E-state index in [2.05, 4.69) is 10.6 Å². The fourth-order valence-electron chi connectivity index (χ4n) is 1.53. The molecule has 0 heterocycles. The Morgan fingerprint density at radius 3 is 2.65 bits per heavy atom. The van der Waals surface area contributed by atoms with Crippen LogP contribution >= 0.6 is 11.6 Å². The van der Waals surface area contributed by atoms with Crippen LogP contribution in [0.2, 0.25) is 5.02 Å². The Kier molecular flexibility index (Phi) is 5.41. The number of carbonyl (C=O) groups excluding carboxylic acids is 1. The summed E-state index contributed by atoms with van der Waals surface area (Å²) < 4.78 is 0. The van der Waals surface area contributed by atoms with E-state index in [4.69, 9.17) is 16.9 Å². The smallest absolute Gasteiger partial charge is 0.242 e. The number of anilines is 1. The van der Waals surface area contributed by atoms with Crippen molar-refractivity contribution >= 4 is 23.2 Å². The van der Waals surface area contributed by atoms with Gasteiger partial charge in [-0.2, -0.15) is 5.26 Å². The second-order valence-electron chi connectivity index (χ2n) is 5.40. The minimum atomic E-state index is -0.411. The molecule has 108 valence electrons. The molecule has 4 nitrogen and oxygen atoms in total. The first-order valence-corrected chi connectivity index (χ1v) is 6.95. The van der Waals surface area contributed by atoms with Gasteiger partial charge in [-0.15, -0.1) is 0 Å². The maximum Gasteiger partial charge on any atom is 0.242 e. The van der Waals surface area contributed by atoms with Crippen LogP contribution in [0.1, 0.15) is 39.7 Å². The van der Waals surface area contributed by atoms with Gasteiger partial charge in [0.1, 0.15) is 6.04 Å². The molecule has 1 rings (SSSR count). The number of rotatable bonds is 5. The van der Waals surface area contributed by atoms with Gasteiger partial charge in [-0.1, -0.05) is 18.5 Å². The molecule has 1 aromatic rings. The summed E-state index contributed by atoms with van der Waals surface area (Å²) in [5, 5.41) is 15.2. The Labute approximate surface area is 125 Å². The SMILES string of the molecule is CCC(C)(C)NC(=O)C(C)Nc1ccc(C#N)cc1Cl. The van der Waals surface area contributed by atoms with E-state index >= 15 is 0 Å². The van der Waals surface area contributed by atoms with Gasteiger partial charge in [-0.05, 0) is 45.4 Å². The number of benzene rings is 1. The zero-order valence-electron chi connectivity index (χ0n) is 12.2. The van der Waals surface area contributed by atoms with Crippen LogP contribution in [0, 0.1) is 11.3 Å². The third kappa shape index (κ3) is 4.43.